The lowest BCUT2D eigenvalue weighted by Gasteiger charge is -2.22. The van der Waals surface area contributed by atoms with Gasteiger partial charge >= 0.3 is 0 Å². The van der Waals surface area contributed by atoms with Crippen LogP contribution < -0.4 is 5.32 Å². The van der Waals surface area contributed by atoms with Gasteiger partial charge < -0.3 is 10.3 Å². The fourth-order valence-electron chi connectivity index (χ4n) is 3.36. The molecule has 0 radical (unpaired) electrons. The zero-order valence-electron chi connectivity index (χ0n) is 14.7. The Morgan fingerprint density at radius 3 is 2.83 bits per heavy atom. The predicted octanol–water partition coefficient (Wildman–Crippen LogP) is 3.00. The second-order valence-corrected chi connectivity index (χ2v) is 7.32. The number of amides is 1. The predicted molar refractivity (Wildman–Crippen MR) is 93.4 cm³/mol. The van der Waals surface area contributed by atoms with E-state index < -0.39 is 0 Å². The Hall–Kier alpha value is -1.07. The van der Waals surface area contributed by atoms with Crippen molar-refractivity contribution in [1.29, 1.82) is 0 Å². The van der Waals surface area contributed by atoms with Gasteiger partial charge in [0.05, 0.1) is 5.69 Å². The molecule has 5 nitrogen and oxygen atoms in total. The summed E-state index contributed by atoms with van der Waals surface area (Å²) in [4.78, 5) is 21.6. The summed E-state index contributed by atoms with van der Waals surface area (Å²) in [5, 5.41) is 3.68. The molecule has 1 aliphatic rings. The number of halogens is 1. The second kappa shape index (κ2) is 8.15. The van der Waals surface area contributed by atoms with Gasteiger partial charge in [0.2, 0.25) is 5.91 Å². The number of aromatic amines is 1. The van der Waals surface area contributed by atoms with Crippen molar-refractivity contribution >= 4 is 17.5 Å². The summed E-state index contributed by atoms with van der Waals surface area (Å²) in [6, 6.07) is 0.216. The van der Waals surface area contributed by atoms with E-state index in [0.29, 0.717) is 17.0 Å². The molecule has 1 aliphatic heterocycles. The molecule has 1 amide bonds. The maximum absolute atomic E-state index is 11.4. The van der Waals surface area contributed by atoms with Crippen LogP contribution in [0.4, 0.5) is 0 Å². The summed E-state index contributed by atoms with van der Waals surface area (Å²) >= 11 is 6.28. The smallest absolute Gasteiger partial charge is 0.217 e. The average molecular weight is 341 g/mol. The van der Waals surface area contributed by atoms with Gasteiger partial charge in [-0.25, -0.2) is 4.98 Å². The number of carbonyl (C=O) groups excluding carboxylic acids is 1. The molecule has 1 saturated heterocycles. The highest BCUT2D eigenvalue weighted by Crippen LogP contribution is 2.27. The number of H-pyrrole nitrogens is 1. The van der Waals surface area contributed by atoms with E-state index in [-0.39, 0.29) is 11.9 Å². The molecule has 2 heterocycles. The van der Waals surface area contributed by atoms with Gasteiger partial charge in [0.1, 0.15) is 5.82 Å². The van der Waals surface area contributed by atoms with E-state index in [4.69, 9.17) is 11.6 Å². The molecule has 0 bridgehead atoms. The number of unbranched alkanes of at least 4 members (excludes halogenated alkanes) is 1. The molecule has 1 fully saturated rings. The number of nitrogens with one attached hydrogen (secondary N) is 2. The third-order valence-corrected chi connectivity index (χ3v) is 4.92. The van der Waals surface area contributed by atoms with Gasteiger partial charge in [-0.2, -0.15) is 0 Å². The third-order valence-electron chi connectivity index (χ3n) is 4.61. The molecule has 1 aromatic heterocycles. The number of likely N-dealkylation sites (tertiary alicyclic amines) is 1. The van der Waals surface area contributed by atoms with Crippen LogP contribution in [-0.4, -0.2) is 39.9 Å². The van der Waals surface area contributed by atoms with Crippen LogP contribution in [0.25, 0.3) is 0 Å². The van der Waals surface area contributed by atoms with Crippen molar-refractivity contribution in [3.63, 3.8) is 0 Å². The molecule has 2 rings (SSSR count). The SMILES string of the molecule is CCCCc1nc(Cl)c(CN2C[C@@H](NC(C)=O)[C@H](C(C)C)C2)[nH]1. The Kier molecular flexibility index (Phi) is 6.48. The van der Waals surface area contributed by atoms with Crippen molar-refractivity contribution in [2.24, 2.45) is 11.8 Å². The number of aromatic nitrogens is 2. The van der Waals surface area contributed by atoms with Gasteiger partial charge in [-0.3, -0.25) is 9.69 Å². The molecule has 130 valence electrons. The van der Waals surface area contributed by atoms with E-state index in [2.05, 4.69) is 41.0 Å². The first kappa shape index (κ1) is 18.3. The molecule has 0 unspecified atom stereocenters. The fraction of sp³-hybridized carbons (Fsp3) is 0.765. The van der Waals surface area contributed by atoms with Crippen LogP contribution in [0, 0.1) is 11.8 Å². The first-order chi connectivity index (χ1) is 10.9. The van der Waals surface area contributed by atoms with Crippen molar-refractivity contribution in [3.8, 4) is 0 Å². The van der Waals surface area contributed by atoms with Gasteiger partial charge in [0, 0.05) is 39.0 Å². The Morgan fingerprint density at radius 2 is 2.22 bits per heavy atom. The van der Waals surface area contributed by atoms with Crippen molar-refractivity contribution in [1.82, 2.24) is 20.2 Å². The maximum Gasteiger partial charge on any atom is 0.217 e. The lowest BCUT2D eigenvalue weighted by Crippen LogP contribution is -2.40. The third kappa shape index (κ3) is 4.95. The fourth-order valence-corrected chi connectivity index (χ4v) is 3.57. The number of nitrogens with zero attached hydrogens (tertiary/aromatic N) is 2. The summed E-state index contributed by atoms with van der Waals surface area (Å²) in [5.74, 6) is 2.03. The largest absolute Gasteiger partial charge is 0.352 e. The maximum atomic E-state index is 11.4. The van der Waals surface area contributed by atoms with Gasteiger partial charge in [-0.15, -0.1) is 0 Å². The normalized spacial score (nSPS) is 22.0. The number of aryl methyl sites for hydroxylation is 1. The topological polar surface area (TPSA) is 61.0 Å². The lowest BCUT2D eigenvalue weighted by molar-refractivity contribution is -0.119. The number of imidazole rings is 1. The van der Waals surface area contributed by atoms with Crippen molar-refractivity contribution in [3.05, 3.63) is 16.7 Å². The zero-order valence-corrected chi connectivity index (χ0v) is 15.4. The first-order valence-electron chi connectivity index (χ1n) is 8.63. The van der Waals surface area contributed by atoms with Crippen LogP contribution in [0.15, 0.2) is 0 Å². The Labute approximate surface area is 144 Å². The minimum absolute atomic E-state index is 0.0453. The van der Waals surface area contributed by atoms with Crippen LogP contribution >= 0.6 is 11.6 Å². The zero-order chi connectivity index (χ0) is 17.0. The molecular formula is C17H29ClN4O. The van der Waals surface area contributed by atoms with Crippen LogP contribution in [0.1, 0.15) is 52.1 Å². The molecule has 2 N–H and O–H groups in total. The standard InChI is InChI=1S/C17H29ClN4O/c1-5-6-7-16-20-15(17(18)21-16)10-22-8-13(11(2)3)14(9-22)19-12(4)23/h11,13-14H,5-10H2,1-4H3,(H,19,23)(H,20,21)/t13-,14+/m0/s1. The van der Waals surface area contributed by atoms with E-state index >= 15 is 0 Å². The van der Waals surface area contributed by atoms with Crippen LogP contribution in [0.2, 0.25) is 5.15 Å². The van der Waals surface area contributed by atoms with Gasteiger partial charge in [-0.1, -0.05) is 38.8 Å². The molecule has 0 saturated carbocycles. The second-order valence-electron chi connectivity index (χ2n) is 6.97. The Bertz CT molecular complexity index is 529. The summed E-state index contributed by atoms with van der Waals surface area (Å²) < 4.78 is 0. The highest BCUT2D eigenvalue weighted by atomic mass is 35.5. The van der Waals surface area contributed by atoms with Gasteiger partial charge in [0.15, 0.2) is 5.15 Å². The lowest BCUT2D eigenvalue weighted by atomic mass is 9.91. The van der Waals surface area contributed by atoms with E-state index in [1.165, 1.54) is 0 Å². The van der Waals surface area contributed by atoms with E-state index in [1.807, 2.05) is 0 Å². The van der Waals surface area contributed by atoms with Crippen LogP contribution in [-0.2, 0) is 17.8 Å². The molecule has 0 aromatic carbocycles. The van der Waals surface area contributed by atoms with Gasteiger partial charge in [-0.05, 0) is 18.3 Å². The molecule has 6 heteroatoms. The summed E-state index contributed by atoms with van der Waals surface area (Å²) in [5.41, 5.74) is 0.990. The van der Waals surface area contributed by atoms with Crippen LogP contribution in [0.3, 0.4) is 0 Å². The highest BCUT2D eigenvalue weighted by molar-refractivity contribution is 6.30. The number of hydrogen-bond acceptors (Lipinski definition) is 3. The van der Waals surface area contributed by atoms with Crippen LogP contribution in [0.5, 0.6) is 0 Å². The van der Waals surface area contributed by atoms with Crippen molar-refractivity contribution in [2.75, 3.05) is 13.1 Å². The quantitative estimate of drug-likeness (QED) is 0.802. The molecule has 0 spiro atoms. The molecule has 0 aliphatic carbocycles. The number of hydrogen-bond donors (Lipinski definition) is 2. The molecule has 2 atom stereocenters. The number of carbonyl (C=O) groups is 1. The minimum Gasteiger partial charge on any atom is -0.352 e. The monoisotopic (exact) mass is 340 g/mol. The molecule has 1 aromatic rings. The van der Waals surface area contributed by atoms with E-state index in [1.54, 1.807) is 6.92 Å². The van der Waals surface area contributed by atoms with Crippen molar-refractivity contribution < 1.29 is 4.79 Å². The minimum atomic E-state index is 0.0453. The first-order valence-corrected chi connectivity index (χ1v) is 9.01. The Balaban J connectivity index is 2.00. The van der Waals surface area contributed by atoms with Gasteiger partial charge in [0.25, 0.3) is 0 Å². The van der Waals surface area contributed by atoms with Crippen molar-refractivity contribution in [2.45, 2.75) is 59.5 Å². The molecule has 23 heavy (non-hydrogen) atoms. The summed E-state index contributed by atoms with van der Waals surface area (Å²) in [7, 11) is 0. The van der Waals surface area contributed by atoms with E-state index in [0.717, 1.165) is 50.4 Å². The summed E-state index contributed by atoms with van der Waals surface area (Å²) in [6.07, 6.45) is 3.21. The number of rotatable bonds is 7. The average Bonchev–Trinajstić information content (AvgIpc) is 3.00. The van der Waals surface area contributed by atoms with E-state index in [9.17, 15) is 4.79 Å². The Morgan fingerprint density at radius 1 is 1.48 bits per heavy atom. The highest BCUT2D eigenvalue weighted by Gasteiger charge is 2.35. The summed E-state index contributed by atoms with van der Waals surface area (Å²) in [6.45, 7) is 10.8. The molecular weight excluding hydrogens is 312 g/mol.